The van der Waals surface area contributed by atoms with Crippen molar-refractivity contribution in [3.8, 4) is 0 Å². The molecule has 0 aliphatic rings. The lowest BCUT2D eigenvalue weighted by Gasteiger charge is -2.21. The van der Waals surface area contributed by atoms with E-state index in [2.05, 4.69) is 19.2 Å². The Morgan fingerprint density at radius 3 is 2.38 bits per heavy atom. The third kappa shape index (κ3) is 7.65. The van der Waals surface area contributed by atoms with E-state index in [1.165, 1.54) is 0 Å². The number of nitrogens with one attached hydrogen (secondary N) is 1. The molecule has 0 aliphatic heterocycles. The minimum absolute atomic E-state index is 0.209. The number of methoxy groups -OCH3 is 1. The van der Waals surface area contributed by atoms with E-state index in [4.69, 9.17) is 4.74 Å². The zero-order valence-electron chi connectivity index (χ0n) is 10.9. The molecule has 4 heteroatoms. The molecule has 0 unspecified atom stereocenters. The highest BCUT2D eigenvalue weighted by molar-refractivity contribution is 5.78. The van der Waals surface area contributed by atoms with Gasteiger partial charge in [0.25, 0.3) is 0 Å². The van der Waals surface area contributed by atoms with E-state index in [1.54, 1.807) is 7.11 Å². The lowest BCUT2D eigenvalue weighted by atomic mass is 10.3. The molecule has 0 aromatic carbocycles. The SMILES string of the molecule is CCCN(CCC)C(=O)CNCCCOC. The van der Waals surface area contributed by atoms with Crippen LogP contribution in [0.25, 0.3) is 0 Å². The van der Waals surface area contributed by atoms with Gasteiger partial charge in [-0.25, -0.2) is 0 Å². The number of hydrogen-bond donors (Lipinski definition) is 1. The van der Waals surface area contributed by atoms with Crippen molar-refractivity contribution in [1.82, 2.24) is 10.2 Å². The first-order chi connectivity index (χ1) is 7.76. The van der Waals surface area contributed by atoms with Crippen molar-refractivity contribution in [2.24, 2.45) is 0 Å². The molecule has 0 radical (unpaired) electrons. The maximum absolute atomic E-state index is 11.8. The van der Waals surface area contributed by atoms with Crippen LogP contribution in [0.3, 0.4) is 0 Å². The van der Waals surface area contributed by atoms with Gasteiger partial charge in [-0.1, -0.05) is 13.8 Å². The Morgan fingerprint density at radius 1 is 1.25 bits per heavy atom. The molecular formula is C12H26N2O2. The molecule has 0 fully saturated rings. The number of carbonyl (C=O) groups is 1. The fraction of sp³-hybridized carbons (Fsp3) is 0.917. The first-order valence-electron chi connectivity index (χ1n) is 6.23. The molecule has 0 saturated heterocycles. The predicted octanol–water partition coefficient (Wildman–Crippen LogP) is 1.26. The van der Waals surface area contributed by atoms with E-state index >= 15 is 0 Å². The van der Waals surface area contributed by atoms with Gasteiger partial charge in [0.1, 0.15) is 0 Å². The van der Waals surface area contributed by atoms with Gasteiger partial charge in [0.05, 0.1) is 6.54 Å². The molecule has 0 rings (SSSR count). The van der Waals surface area contributed by atoms with Crippen LogP contribution in [0.15, 0.2) is 0 Å². The van der Waals surface area contributed by atoms with Crippen molar-refractivity contribution in [2.45, 2.75) is 33.1 Å². The topological polar surface area (TPSA) is 41.6 Å². The average molecular weight is 230 g/mol. The van der Waals surface area contributed by atoms with Crippen molar-refractivity contribution in [3.63, 3.8) is 0 Å². The van der Waals surface area contributed by atoms with Gasteiger partial charge in [-0.15, -0.1) is 0 Å². The summed E-state index contributed by atoms with van der Waals surface area (Å²) >= 11 is 0. The number of nitrogens with zero attached hydrogens (tertiary/aromatic N) is 1. The zero-order valence-corrected chi connectivity index (χ0v) is 10.9. The summed E-state index contributed by atoms with van der Waals surface area (Å²) in [6.07, 6.45) is 3.00. The molecule has 0 aromatic rings. The van der Waals surface area contributed by atoms with Crippen LogP contribution in [0, 0.1) is 0 Å². The summed E-state index contributed by atoms with van der Waals surface area (Å²) < 4.78 is 4.94. The van der Waals surface area contributed by atoms with Gasteiger partial charge in [0.2, 0.25) is 5.91 Å². The van der Waals surface area contributed by atoms with Gasteiger partial charge in [0.15, 0.2) is 0 Å². The van der Waals surface area contributed by atoms with Crippen molar-refractivity contribution >= 4 is 5.91 Å². The maximum Gasteiger partial charge on any atom is 0.236 e. The second-order valence-corrected chi connectivity index (χ2v) is 3.90. The van der Waals surface area contributed by atoms with Crippen LogP contribution in [0.5, 0.6) is 0 Å². The summed E-state index contributed by atoms with van der Waals surface area (Å²) in [5.41, 5.74) is 0. The molecule has 0 aliphatic carbocycles. The van der Waals surface area contributed by atoms with E-state index in [1.807, 2.05) is 4.90 Å². The lowest BCUT2D eigenvalue weighted by molar-refractivity contribution is -0.130. The summed E-state index contributed by atoms with van der Waals surface area (Å²) in [6, 6.07) is 0. The lowest BCUT2D eigenvalue weighted by Crippen LogP contribution is -2.39. The van der Waals surface area contributed by atoms with Crippen LogP contribution >= 0.6 is 0 Å². The van der Waals surface area contributed by atoms with Gasteiger partial charge in [-0.2, -0.15) is 0 Å². The van der Waals surface area contributed by atoms with Gasteiger partial charge in [-0.05, 0) is 25.8 Å². The van der Waals surface area contributed by atoms with Crippen LogP contribution in [0.2, 0.25) is 0 Å². The first kappa shape index (κ1) is 15.4. The van der Waals surface area contributed by atoms with Crippen molar-refractivity contribution in [3.05, 3.63) is 0 Å². The molecule has 16 heavy (non-hydrogen) atoms. The summed E-state index contributed by atoms with van der Waals surface area (Å²) in [5.74, 6) is 0.209. The Hall–Kier alpha value is -0.610. The number of rotatable bonds is 10. The highest BCUT2D eigenvalue weighted by Crippen LogP contribution is 1.94. The third-order valence-corrected chi connectivity index (χ3v) is 2.32. The Balaban J connectivity index is 3.65. The predicted molar refractivity (Wildman–Crippen MR) is 66.5 cm³/mol. The van der Waals surface area contributed by atoms with Gasteiger partial charge < -0.3 is 15.0 Å². The standard InChI is InChI=1S/C12H26N2O2/c1-4-8-14(9-5-2)12(15)11-13-7-6-10-16-3/h13H,4-11H2,1-3H3. The van der Waals surface area contributed by atoms with Crippen LogP contribution in [0.1, 0.15) is 33.1 Å². The Labute approximate surface area is 99.3 Å². The van der Waals surface area contributed by atoms with Crippen molar-refractivity contribution < 1.29 is 9.53 Å². The van der Waals surface area contributed by atoms with Crippen LogP contribution in [-0.2, 0) is 9.53 Å². The summed E-state index contributed by atoms with van der Waals surface area (Å²) in [5, 5.41) is 3.15. The van der Waals surface area contributed by atoms with Crippen molar-refractivity contribution in [2.75, 3.05) is 39.9 Å². The van der Waals surface area contributed by atoms with Gasteiger partial charge in [0, 0.05) is 26.8 Å². The fourth-order valence-electron chi connectivity index (χ4n) is 1.55. The summed E-state index contributed by atoms with van der Waals surface area (Å²) in [6.45, 7) is 7.97. The first-order valence-corrected chi connectivity index (χ1v) is 6.23. The molecule has 0 atom stereocenters. The molecule has 0 aromatic heterocycles. The normalized spacial score (nSPS) is 10.4. The fourth-order valence-corrected chi connectivity index (χ4v) is 1.55. The molecule has 1 amide bonds. The highest BCUT2D eigenvalue weighted by atomic mass is 16.5. The molecule has 0 saturated carbocycles. The largest absolute Gasteiger partial charge is 0.385 e. The van der Waals surface area contributed by atoms with E-state index in [9.17, 15) is 4.79 Å². The monoisotopic (exact) mass is 230 g/mol. The van der Waals surface area contributed by atoms with Gasteiger partial charge in [-0.3, -0.25) is 4.79 Å². The van der Waals surface area contributed by atoms with E-state index in [0.717, 1.165) is 45.5 Å². The Bertz CT molecular complexity index is 168. The second-order valence-electron chi connectivity index (χ2n) is 3.90. The molecule has 96 valence electrons. The Kier molecular flexibility index (Phi) is 10.5. The second kappa shape index (κ2) is 10.9. The molecule has 0 heterocycles. The number of ether oxygens (including phenoxy) is 1. The molecule has 1 N–H and O–H groups in total. The molecule has 0 spiro atoms. The molecule has 4 nitrogen and oxygen atoms in total. The number of amides is 1. The van der Waals surface area contributed by atoms with Crippen molar-refractivity contribution in [1.29, 1.82) is 0 Å². The van der Waals surface area contributed by atoms with E-state index < -0.39 is 0 Å². The van der Waals surface area contributed by atoms with E-state index in [-0.39, 0.29) is 5.91 Å². The quantitative estimate of drug-likeness (QED) is 0.575. The summed E-state index contributed by atoms with van der Waals surface area (Å²) in [7, 11) is 1.69. The van der Waals surface area contributed by atoms with Crippen LogP contribution in [-0.4, -0.2) is 50.7 Å². The minimum Gasteiger partial charge on any atom is -0.385 e. The van der Waals surface area contributed by atoms with Gasteiger partial charge >= 0.3 is 0 Å². The zero-order chi connectivity index (χ0) is 12.2. The maximum atomic E-state index is 11.8. The number of hydrogen-bond acceptors (Lipinski definition) is 3. The smallest absolute Gasteiger partial charge is 0.236 e. The average Bonchev–Trinajstić information content (AvgIpc) is 2.28. The Morgan fingerprint density at radius 2 is 1.88 bits per heavy atom. The summed E-state index contributed by atoms with van der Waals surface area (Å²) in [4.78, 5) is 13.7. The molecular weight excluding hydrogens is 204 g/mol. The van der Waals surface area contributed by atoms with Crippen LogP contribution in [0.4, 0.5) is 0 Å². The van der Waals surface area contributed by atoms with Crippen LogP contribution < -0.4 is 5.32 Å². The number of carbonyl (C=O) groups excluding carboxylic acids is 1. The highest BCUT2D eigenvalue weighted by Gasteiger charge is 2.10. The van der Waals surface area contributed by atoms with E-state index in [0.29, 0.717) is 6.54 Å². The minimum atomic E-state index is 0.209. The third-order valence-electron chi connectivity index (χ3n) is 2.32. The molecule has 0 bridgehead atoms.